The molecule has 1 saturated carbocycles. The summed E-state index contributed by atoms with van der Waals surface area (Å²) in [7, 11) is 0. The van der Waals surface area contributed by atoms with Gasteiger partial charge in [0.15, 0.2) is 5.41 Å². The van der Waals surface area contributed by atoms with Gasteiger partial charge >= 0.3 is 18.0 Å². The lowest BCUT2D eigenvalue weighted by atomic mass is 9.63. The van der Waals surface area contributed by atoms with Crippen molar-refractivity contribution in [3.05, 3.63) is 65.2 Å². The van der Waals surface area contributed by atoms with Gasteiger partial charge in [-0.3, -0.25) is 14.5 Å². The van der Waals surface area contributed by atoms with Crippen LogP contribution in [0.15, 0.2) is 48.5 Å². The Morgan fingerprint density at radius 2 is 1.65 bits per heavy atom. The predicted molar refractivity (Wildman–Crippen MR) is 122 cm³/mol. The monoisotopic (exact) mass is 467 g/mol. The molecule has 0 unspecified atom stereocenters. The van der Waals surface area contributed by atoms with E-state index in [1.54, 1.807) is 4.90 Å². The van der Waals surface area contributed by atoms with Crippen molar-refractivity contribution in [3.63, 3.8) is 0 Å². The van der Waals surface area contributed by atoms with Gasteiger partial charge in [0.25, 0.3) is 0 Å². The summed E-state index contributed by atoms with van der Waals surface area (Å²) in [5.74, 6) is -1.94. The fourth-order valence-electron chi connectivity index (χ4n) is 5.29. The Balaban J connectivity index is 1.67. The molecule has 0 saturated heterocycles. The molecule has 1 aliphatic heterocycles. The highest BCUT2D eigenvalue weighted by Crippen LogP contribution is 2.52. The van der Waals surface area contributed by atoms with Crippen LogP contribution >= 0.6 is 0 Å². The molecule has 2 aromatic rings. The number of amides is 1. The molecule has 4 rings (SSSR count). The smallest absolute Gasteiger partial charge is 0.410 e. The second-order valence-corrected chi connectivity index (χ2v) is 8.92. The number of hydrogen-bond acceptors (Lipinski definition) is 5. The zero-order chi connectivity index (χ0) is 24.3. The van der Waals surface area contributed by atoms with Gasteiger partial charge in [0.2, 0.25) is 0 Å². The topological polar surface area (TPSA) is 113 Å². The van der Waals surface area contributed by atoms with Crippen molar-refractivity contribution in [1.82, 2.24) is 4.90 Å². The van der Waals surface area contributed by atoms with Gasteiger partial charge in [-0.05, 0) is 67.9 Å². The van der Waals surface area contributed by atoms with Gasteiger partial charge in [-0.25, -0.2) is 4.79 Å². The molecule has 2 aromatic carbocycles. The minimum absolute atomic E-state index is 0.0766. The Bertz CT molecular complexity index is 1060. The summed E-state index contributed by atoms with van der Waals surface area (Å²) in [6.45, 7) is 2.95. The standard InChI is InChI=1S/C26H29NO7/c1-2-33-20-8-9-21-19(16-20)10-15-27(24(32)34-17-18-6-4-3-5-7-18)26(21)13-11-25(12-14-26,22(28)29)23(30)31/h3-9,16H,2,10-15,17H2,1H3,(H,28,29)(H,30,31). The van der Waals surface area contributed by atoms with E-state index < -0.39 is 29.0 Å². The number of ether oxygens (including phenoxy) is 2. The molecule has 1 aliphatic carbocycles. The number of carboxylic acids is 2. The molecule has 1 fully saturated rings. The van der Waals surface area contributed by atoms with Gasteiger partial charge in [0.05, 0.1) is 12.1 Å². The summed E-state index contributed by atoms with van der Waals surface area (Å²) < 4.78 is 11.3. The number of fused-ring (bicyclic) bond motifs is 2. The molecule has 1 heterocycles. The zero-order valence-corrected chi connectivity index (χ0v) is 19.2. The van der Waals surface area contributed by atoms with Crippen LogP contribution in [0.5, 0.6) is 5.75 Å². The van der Waals surface area contributed by atoms with E-state index in [4.69, 9.17) is 9.47 Å². The van der Waals surface area contributed by atoms with Crippen molar-refractivity contribution in [2.45, 2.75) is 51.2 Å². The summed E-state index contributed by atoms with van der Waals surface area (Å²) in [6, 6.07) is 15.1. The van der Waals surface area contributed by atoms with Crippen LogP contribution in [0.1, 0.15) is 49.3 Å². The molecule has 0 aromatic heterocycles. The van der Waals surface area contributed by atoms with Crippen LogP contribution in [0.25, 0.3) is 0 Å². The molecular weight excluding hydrogens is 438 g/mol. The molecule has 0 atom stereocenters. The second kappa shape index (κ2) is 9.37. The number of rotatable bonds is 6. The molecule has 1 amide bonds. The minimum Gasteiger partial charge on any atom is -0.494 e. The van der Waals surface area contributed by atoms with Crippen molar-refractivity contribution >= 4 is 18.0 Å². The first-order valence-corrected chi connectivity index (χ1v) is 11.5. The van der Waals surface area contributed by atoms with Crippen molar-refractivity contribution in [3.8, 4) is 5.75 Å². The predicted octanol–water partition coefficient (Wildman–Crippen LogP) is 4.21. The SMILES string of the molecule is CCOc1ccc2c(c1)CCN(C(=O)OCc1ccccc1)C21CCC(C(=O)O)(C(=O)O)CC1. The average Bonchev–Trinajstić information content (AvgIpc) is 2.84. The van der Waals surface area contributed by atoms with Gasteiger partial charge in [-0.2, -0.15) is 0 Å². The molecular formula is C26H29NO7. The highest BCUT2D eigenvalue weighted by Gasteiger charge is 2.57. The third kappa shape index (κ3) is 4.08. The van der Waals surface area contributed by atoms with E-state index in [9.17, 15) is 24.6 Å². The van der Waals surface area contributed by atoms with Gasteiger partial charge in [-0.15, -0.1) is 0 Å². The largest absolute Gasteiger partial charge is 0.494 e. The number of carbonyl (C=O) groups excluding carboxylic acids is 1. The van der Waals surface area contributed by atoms with E-state index in [0.717, 1.165) is 22.4 Å². The van der Waals surface area contributed by atoms with Crippen LogP contribution in [-0.2, 0) is 32.9 Å². The highest BCUT2D eigenvalue weighted by atomic mass is 16.6. The van der Waals surface area contributed by atoms with Crippen molar-refractivity contribution in [2.75, 3.05) is 13.2 Å². The molecule has 2 aliphatic rings. The fraction of sp³-hybridized carbons (Fsp3) is 0.423. The number of hydrogen-bond donors (Lipinski definition) is 2. The van der Waals surface area contributed by atoms with Gasteiger partial charge < -0.3 is 19.7 Å². The molecule has 8 nitrogen and oxygen atoms in total. The summed E-state index contributed by atoms with van der Waals surface area (Å²) in [4.78, 5) is 38.8. The summed E-state index contributed by atoms with van der Waals surface area (Å²) in [5, 5.41) is 19.4. The molecule has 34 heavy (non-hydrogen) atoms. The van der Waals surface area contributed by atoms with Crippen LogP contribution < -0.4 is 4.74 Å². The van der Waals surface area contributed by atoms with Crippen molar-refractivity contribution in [1.29, 1.82) is 0 Å². The third-order valence-electron chi connectivity index (χ3n) is 7.19. The quantitative estimate of drug-likeness (QED) is 0.612. The number of aliphatic carboxylic acids is 2. The Labute approximate surface area is 198 Å². The maximum absolute atomic E-state index is 13.3. The van der Waals surface area contributed by atoms with Crippen LogP contribution in [0.2, 0.25) is 0 Å². The van der Waals surface area contributed by atoms with Gasteiger partial charge in [0.1, 0.15) is 12.4 Å². The maximum Gasteiger partial charge on any atom is 0.410 e. The van der Waals surface area contributed by atoms with Crippen LogP contribution in [0.4, 0.5) is 4.79 Å². The lowest BCUT2D eigenvalue weighted by molar-refractivity contribution is -0.169. The van der Waals surface area contributed by atoms with Crippen LogP contribution in [0.3, 0.4) is 0 Å². The lowest BCUT2D eigenvalue weighted by Crippen LogP contribution is -2.58. The molecule has 8 heteroatoms. The highest BCUT2D eigenvalue weighted by molar-refractivity contribution is 5.98. The molecule has 0 radical (unpaired) electrons. The first kappa shape index (κ1) is 23.6. The number of carbonyl (C=O) groups is 3. The normalized spacial score (nSPS) is 18.1. The minimum atomic E-state index is -1.85. The first-order chi connectivity index (χ1) is 16.3. The van der Waals surface area contributed by atoms with Crippen LogP contribution in [0, 0.1) is 5.41 Å². The fourth-order valence-corrected chi connectivity index (χ4v) is 5.29. The van der Waals surface area contributed by atoms with E-state index in [1.165, 1.54) is 0 Å². The zero-order valence-electron chi connectivity index (χ0n) is 19.2. The summed E-state index contributed by atoms with van der Waals surface area (Å²) >= 11 is 0. The molecule has 2 N–H and O–H groups in total. The summed E-state index contributed by atoms with van der Waals surface area (Å²) in [5.41, 5.74) is 0.108. The summed E-state index contributed by atoms with van der Waals surface area (Å²) in [6.07, 6.45) is 0.391. The van der Waals surface area contributed by atoms with Gasteiger partial charge in [0, 0.05) is 6.54 Å². The molecule has 180 valence electrons. The Morgan fingerprint density at radius 3 is 2.26 bits per heavy atom. The molecule has 0 bridgehead atoms. The maximum atomic E-state index is 13.3. The van der Waals surface area contributed by atoms with Crippen molar-refractivity contribution in [2.24, 2.45) is 5.41 Å². The molecule has 1 spiro atoms. The van der Waals surface area contributed by atoms with E-state index in [0.29, 0.717) is 19.6 Å². The van der Waals surface area contributed by atoms with E-state index in [1.807, 2.05) is 55.5 Å². The first-order valence-electron chi connectivity index (χ1n) is 11.5. The van der Waals surface area contributed by atoms with Gasteiger partial charge in [-0.1, -0.05) is 36.4 Å². The van der Waals surface area contributed by atoms with Crippen molar-refractivity contribution < 1.29 is 34.1 Å². The van der Waals surface area contributed by atoms with Crippen LogP contribution in [-0.4, -0.2) is 46.3 Å². The second-order valence-electron chi connectivity index (χ2n) is 8.92. The Hall–Kier alpha value is -3.55. The van der Waals surface area contributed by atoms with E-state index in [-0.39, 0.29) is 32.3 Å². The Morgan fingerprint density at radius 1 is 0.971 bits per heavy atom. The lowest BCUT2D eigenvalue weighted by Gasteiger charge is -2.52. The van der Waals surface area contributed by atoms with E-state index in [2.05, 4.69) is 0 Å². The number of benzene rings is 2. The van der Waals surface area contributed by atoms with E-state index >= 15 is 0 Å². The Kier molecular flexibility index (Phi) is 6.50. The number of carboxylic acid groups (broad SMARTS) is 2. The third-order valence-corrected chi connectivity index (χ3v) is 7.19. The average molecular weight is 468 g/mol. The number of nitrogens with zero attached hydrogens (tertiary/aromatic N) is 1.